The number of carbonyl (C=O) groups excluding carboxylic acids is 1. The number of carbonyl (C=O) groups is 1. The highest BCUT2D eigenvalue weighted by Crippen LogP contribution is 2.33. The van der Waals surface area contributed by atoms with Gasteiger partial charge in [-0.05, 0) is 38.2 Å². The van der Waals surface area contributed by atoms with Crippen molar-refractivity contribution in [2.75, 3.05) is 11.9 Å². The van der Waals surface area contributed by atoms with E-state index < -0.39 is 4.92 Å². The molecule has 1 atom stereocenters. The third-order valence-corrected chi connectivity index (χ3v) is 3.72. The Morgan fingerprint density at radius 3 is 2.76 bits per heavy atom. The first kappa shape index (κ1) is 15.3. The van der Waals surface area contributed by atoms with Crippen molar-refractivity contribution in [2.24, 2.45) is 5.92 Å². The first-order valence-electron chi connectivity index (χ1n) is 7.36. The van der Waals surface area contributed by atoms with Crippen molar-refractivity contribution in [3.05, 3.63) is 33.9 Å². The first-order valence-corrected chi connectivity index (χ1v) is 7.36. The average molecular weight is 291 g/mol. The van der Waals surface area contributed by atoms with Crippen molar-refractivity contribution in [1.29, 1.82) is 0 Å². The third-order valence-electron chi connectivity index (χ3n) is 3.72. The molecule has 0 aliphatic heterocycles. The zero-order valence-corrected chi connectivity index (χ0v) is 12.4. The standard InChI is InChI=1S/C15H21N3O3/c1-3-9-16-14-12(5-4-6-13(14)18(20)21)15(19)17-10(2)11-7-8-11/h4-6,10-11,16H,3,7-9H2,1-2H3,(H,17,19). The van der Waals surface area contributed by atoms with Gasteiger partial charge in [0.25, 0.3) is 11.6 Å². The minimum absolute atomic E-state index is 0.0600. The smallest absolute Gasteiger partial charge is 0.293 e. The summed E-state index contributed by atoms with van der Waals surface area (Å²) in [5.41, 5.74) is 0.588. The van der Waals surface area contributed by atoms with Crippen LogP contribution < -0.4 is 10.6 Å². The van der Waals surface area contributed by atoms with Gasteiger partial charge in [0.15, 0.2) is 0 Å². The van der Waals surface area contributed by atoms with Crippen molar-refractivity contribution in [2.45, 2.75) is 39.2 Å². The normalized spacial score (nSPS) is 15.3. The van der Waals surface area contributed by atoms with Crippen LogP contribution in [0.3, 0.4) is 0 Å². The second-order valence-electron chi connectivity index (χ2n) is 5.48. The lowest BCUT2D eigenvalue weighted by molar-refractivity contribution is -0.384. The summed E-state index contributed by atoms with van der Waals surface area (Å²) in [6, 6.07) is 4.70. The quantitative estimate of drug-likeness (QED) is 0.597. The highest BCUT2D eigenvalue weighted by molar-refractivity contribution is 6.01. The number of nitro groups is 1. The summed E-state index contributed by atoms with van der Waals surface area (Å²) >= 11 is 0. The molecule has 21 heavy (non-hydrogen) atoms. The Morgan fingerprint density at radius 1 is 1.48 bits per heavy atom. The summed E-state index contributed by atoms with van der Waals surface area (Å²) in [6.45, 7) is 4.53. The van der Waals surface area contributed by atoms with Gasteiger partial charge >= 0.3 is 0 Å². The fourth-order valence-electron chi connectivity index (χ4n) is 2.32. The van der Waals surface area contributed by atoms with Gasteiger partial charge in [-0.15, -0.1) is 0 Å². The van der Waals surface area contributed by atoms with Crippen molar-refractivity contribution >= 4 is 17.3 Å². The van der Waals surface area contributed by atoms with E-state index in [-0.39, 0.29) is 17.6 Å². The molecule has 6 heteroatoms. The molecular formula is C15H21N3O3. The summed E-state index contributed by atoms with van der Waals surface area (Å²) in [5.74, 6) is 0.288. The van der Waals surface area contributed by atoms with Crippen LogP contribution >= 0.6 is 0 Å². The van der Waals surface area contributed by atoms with Gasteiger partial charge in [-0.3, -0.25) is 14.9 Å². The molecule has 0 bridgehead atoms. The maximum Gasteiger partial charge on any atom is 0.293 e. The van der Waals surface area contributed by atoms with E-state index >= 15 is 0 Å². The van der Waals surface area contributed by atoms with Gasteiger partial charge in [-0.2, -0.15) is 0 Å². The van der Waals surface area contributed by atoms with Crippen LogP contribution in [0.25, 0.3) is 0 Å². The van der Waals surface area contributed by atoms with Gasteiger partial charge in [0.05, 0.1) is 10.5 Å². The van der Waals surface area contributed by atoms with Gasteiger partial charge in [0.1, 0.15) is 5.69 Å². The Bertz CT molecular complexity index is 541. The fourth-order valence-corrected chi connectivity index (χ4v) is 2.32. The molecule has 2 N–H and O–H groups in total. The van der Waals surface area contributed by atoms with Gasteiger partial charge in [-0.1, -0.05) is 13.0 Å². The third kappa shape index (κ3) is 3.71. The second kappa shape index (κ2) is 6.56. The largest absolute Gasteiger partial charge is 0.379 e. The molecular weight excluding hydrogens is 270 g/mol. The Balaban J connectivity index is 2.25. The number of anilines is 1. The Labute approximate surface area is 124 Å². The molecule has 1 aliphatic carbocycles. The number of benzene rings is 1. The topological polar surface area (TPSA) is 84.3 Å². The Kier molecular flexibility index (Phi) is 4.77. The number of amides is 1. The monoisotopic (exact) mass is 291 g/mol. The summed E-state index contributed by atoms with van der Waals surface area (Å²) < 4.78 is 0. The molecule has 6 nitrogen and oxygen atoms in total. The molecule has 1 amide bonds. The number of nitro benzene ring substituents is 1. The number of nitrogens with one attached hydrogen (secondary N) is 2. The molecule has 1 unspecified atom stereocenters. The maximum absolute atomic E-state index is 12.4. The van der Waals surface area contributed by atoms with Crippen LogP contribution in [0.4, 0.5) is 11.4 Å². The SMILES string of the molecule is CCCNc1c(C(=O)NC(C)C2CC2)cccc1[N+](=O)[O-]. The number of hydrogen-bond acceptors (Lipinski definition) is 4. The highest BCUT2D eigenvalue weighted by atomic mass is 16.6. The lowest BCUT2D eigenvalue weighted by Gasteiger charge is -2.15. The van der Waals surface area contributed by atoms with E-state index in [4.69, 9.17) is 0 Å². The molecule has 1 aliphatic rings. The van der Waals surface area contributed by atoms with Gasteiger partial charge in [0, 0.05) is 18.7 Å². The van der Waals surface area contributed by atoms with E-state index in [0.29, 0.717) is 23.7 Å². The van der Waals surface area contributed by atoms with E-state index in [0.717, 1.165) is 19.3 Å². The van der Waals surface area contributed by atoms with E-state index in [1.54, 1.807) is 12.1 Å². The zero-order valence-electron chi connectivity index (χ0n) is 12.4. The van der Waals surface area contributed by atoms with Crippen LogP contribution in [0.5, 0.6) is 0 Å². The Hall–Kier alpha value is -2.11. The molecule has 0 heterocycles. The first-order chi connectivity index (χ1) is 10.0. The molecule has 114 valence electrons. The summed E-state index contributed by atoms with van der Waals surface area (Å²) in [5, 5.41) is 17.1. The van der Waals surface area contributed by atoms with Crippen LogP contribution in [-0.2, 0) is 0 Å². The maximum atomic E-state index is 12.4. The second-order valence-corrected chi connectivity index (χ2v) is 5.48. The molecule has 2 rings (SSSR count). The number of nitrogens with zero attached hydrogens (tertiary/aromatic N) is 1. The molecule has 1 fully saturated rings. The van der Waals surface area contributed by atoms with E-state index in [2.05, 4.69) is 10.6 Å². The van der Waals surface area contributed by atoms with Crippen LogP contribution in [0.15, 0.2) is 18.2 Å². The number of rotatable bonds is 7. The van der Waals surface area contributed by atoms with Crippen molar-refractivity contribution < 1.29 is 9.72 Å². The minimum Gasteiger partial charge on any atom is -0.379 e. The zero-order chi connectivity index (χ0) is 15.4. The molecule has 1 saturated carbocycles. The molecule has 0 spiro atoms. The predicted molar refractivity (Wildman–Crippen MR) is 81.5 cm³/mol. The van der Waals surface area contributed by atoms with Gasteiger partial charge < -0.3 is 10.6 Å². The Morgan fingerprint density at radius 2 is 2.19 bits per heavy atom. The molecule has 0 aromatic heterocycles. The highest BCUT2D eigenvalue weighted by Gasteiger charge is 2.30. The predicted octanol–water partition coefficient (Wildman–Crippen LogP) is 2.95. The average Bonchev–Trinajstić information content (AvgIpc) is 3.28. The molecule has 0 radical (unpaired) electrons. The van der Waals surface area contributed by atoms with Gasteiger partial charge in [-0.25, -0.2) is 0 Å². The van der Waals surface area contributed by atoms with Crippen LogP contribution in [0, 0.1) is 16.0 Å². The van der Waals surface area contributed by atoms with Crippen molar-refractivity contribution in [1.82, 2.24) is 5.32 Å². The van der Waals surface area contributed by atoms with Crippen LogP contribution in [0.1, 0.15) is 43.5 Å². The summed E-state index contributed by atoms with van der Waals surface area (Å²) in [6.07, 6.45) is 3.10. The van der Waals surface area contributed by atoms with E-state index in [1.165, 1.54) is 6.07 Å². The lowest BCUT2D eigenvalue weighted by atomic mass is 10.1. The lowest BCUT2D eigenvalue weighted by Crippen LogP contribution is -2.34. The van der Waals surface area contributed by atoms with E-state index in [9.17, 15) is 14.9 Å². The molecule has 0 saturated heterocycles. The fraction of sp³-hybridized carbons (Fsp3) is 0.533. The minimum atomic E-state index is -0.459. The van der Waals surface area contributed by atoms with Crippen LogP contribution in [-0.4, -0.2) is 23.4 Å². The number of para-hydroxylation sites is 1. The number of hydrogen-bond donors (Lipinski definition) is 2. The molecule has 1 aromatic carbocycles. The van der Waals surface area contributed by atoms with Gasteiger partial charge in [0.2, 0.25) is 0 Å². The van der Waals surface area contributed by atoms with Crippen molar-refractivity contribution in [3.8, 4) is 0 Å². The van der Waals surface area contributed by atoms with Crippen molar-refractivity contribution in [3.63, 3.8) is 0 Å². The van der Waals surface area contributed by atoms with Crippen LogP contribution in [0.2, 0.25) is 0 Å². The summed E-state index contributed by atoms with van der Waals surface area (Å²) in [7, 11) is 0. The molecule has 1 aromatic rings. The summed E-state index contributed by atoms with van der Waals surface area (Å²) in [4.78, 5) is 23.0. The van der Waals surface area contributed by atoms with E-state index in [1.807, 2.05) is 13.8 Å².